The Balaban J connectivity index is 1.36. The van der Waals surface area contributed by atoms with E-state index in [0.717, 1.165) is 11.0 Å². The second-order valence-electron chi connectivity index (χ2n) is 33.6. The van der Waals surface area contributed by atoms with E-state index >= 15 is 8.78 Å². The summed E-state index contributed by atoms with van der Waals surface area (Å²) < 4.78 is 31.8. The number of halogens is 3. The number of nitrogens with one attached hydrogen (secondary N) is 7. The van der Waals surface area contributed by atoms with Gasteiger partial charge in [-0.05, 0) is 118 Å². The molecule has 32 nitrogen and oxygen atoms in total. The summed E-state index contributed by atoms with van der Waals surface area (Å²) in [6.07, 6.45) is 0.460. The molecular formula is C84H132ClF2N17O15. The number of aliphatic hydroxyl groups is 1. The number of anilines is 2. The molecule has 0 spiro atoms. The fourth-order valence-electron chi connectivity index (χ4n) is 14.3. The third kappa shape index (κ3) is 28.1. The van der Waals surface area contributed by atoms with Gasteiger partial charge >= 0.3 is 0 Å². The Morgan fingerprint density at radius 2 is 1.12 bits per heavy atom. The number of carbonyl (C=O) groups is 13. The van der Waals surface area contributed by atoms with Crippen LogP contribution in [-0.2, 0) is 62.3 Å². The summed E-state index contributed by atoms with van der Waals surface area (Å²) in [5.74, 6) is -11.6. The van der Waals surface area contributed by atoms with E-state index in [4.69, 9.17) is 11.6 Å². The maximum atomic E-state index is 16.7. The first-order valence-corrected chi connectivity index (χ1v) is 41.5. The highest BCUT2D eigenvalue weighted by molar-refractivity contribution is 6.34. The Kier molecular flexibility index (Phi) is 39.8. The number of amides is 13. The van der Waals surface area contributed by atoms with Crippen molar-refractivity contribution >= 4 is 111 Å². The van der Waals surface area contributed by atoms with Gasteiger partial charge in [0.15, 0.2) is 5.82 Å². The van der Waals surface area contributed by atoms with E-state index in [2.05, 4.69) is 53.8 Å². The number of likely N-dealkylation sites (N-methyl/N-ethyl adjacent to an activating group) is 7. The number of benzene rings is 2. The first kappa shape index (κ1) is 101. The number of phenolic OH excluding ortho intramolecular Hbond substituents is 1. The Hall–Kier alpha value is -9.86. The van der Waals surface area contributed by atoms with Crippen LogP contribution in [0.15, 0.2) is 36.9 Å². The van der Waals surface area contributed by atoms with Crippen molar-refractivity contribution in [3.63, 3.8) is 0 Å². The van der Waals surface area contributed by atoms with Crippen molar-refractivity contribution in [1.82, 2.24) is 76.2 Å². The van der Waals surface area contributed by atoms with Gasteiger partial charge in [-0.25, -0.2) is 13.8 Å². The van der Waals surface area contributed by atoms with Crippen molar-refractivity contribution in [3.8, 4) is 16.9 Å². The van der Waals surface area contributed by atoms with E-state index in [1.54, 1.807) is 32.6 Å². The second kappa shape index (κ2) is 46.6. The summed E-state index contributed by atoms with van der Waals surface area (Å²) in [5, 5.41) is 40.9. The first-order valence-electron chi connectivity index (χ1n) is 41.1. The molecule has 4 rings (SSSR count). The SMILES string of the molecule is C=CC(=O)N1CCN(c2nc(NCCC(=O)NCC[C@@H](C)[C@@H](O)CC(=O)N[C@@H](CC)C(=O)N(C)CC(=O)N(C)[C@@H](CC(C)C)C(=O)NC(C(=O)N(C)[C@@H](CC(C)C)C(=O)N[C@@H](C)C(=O)N[C@H](C)C(=O)N(C)[C@@H](CC(C)C)C(=O)N(C)[C@@H](CC(C)C)C(=O)N(C)C(C(=O)NC)C(C)C)C(C)C)nc3c(F)c(-c4c(O)cccc4F)c(Cl)cc23)CC1. The number of aromatic hydroxyl groups is 1. The van der Waals surface area contributed by atoms with E-state index in [1.165, 1.54) is 112 Å². The maximum Gasteiger partial charge on any atom is 0.246 e. The molecule has 9 N–H and O–H groups in total. The van der Waals surface area contributed by atoms with Crippen LogP contribution in [0.2, 0.25) is 5.02 Å². The van der Waals surface area contributed by atoms with E-state index in [0.29, 0.717) is 0 Å². The Morgan fingerprint density at radius 3 is 1.64 bits per heavy atom. The molecule has 0 aliphatic carbocycles. The number of nitrogens with zero attached hydrogens (tertiary/aromatic N) is 10. The zero-order chi connectivity index (χ0) is 90.2. The van der Waals surface area contributed by atoms with Crippen molar-refractivity contribution < 1.29 is 81.3 Å². The minimum Gasteiger partial charge on any atom is -0.507 e. The van der Waals surface area contributed by atoms with Crippen LogP contribution in [0.4, 0.5) is 20.5 Å². The van der Waals surface area contributed by atoms with Gasteiger partial charge in [0.05, 0.1) is 29.7 Å². The molecule has 1 fully saturated rings. The van der Waals surface area contributed by atoms with Crippen LogP contribution in [0.25, 0.3) is 22.0 Å². The maximum absolute atomic E-state index is 16.7. The molecule has 2 unspecified atom stereocenters. The molecule has 11 atom stereocenters. The van der Waals surface area contributed by atoms with Gasteiger partial charge in [0.2, 0.25) is 82.7 Å². The van der Waals surface area contributed by atoms with Crippen molar-refractivity contribution in [1.29, 1.82) is 0 Å². The molecule has 35 heteroatoms. The predicted molar refractivity (Wildman–Crippen MR) is 452 cm³/mol. The number of fused-ring (bicyclic) bond motifs is 1. The smallest absolute Gasteiger partial charge is 0.246 e. The van der Waals surface area contributed by atoms with E-state index in [9.17, 15) is 72.5 Å². The molecule has 1 saturated heterocycles. The number of carbonyl (C=O) groups excluding carboxylic acids is 13. The van der Waals surface area contributed by atoms with Crippen LogP contribution < -0.4 is 42.1 Å². The Morgan fingerprint density at radius 1 is 0.597 bits per heavy atom. The lowest BCUT2D eigenvalue weighted by Gasteiger charge is -2.39. The molecule has 2 aromatic carbocycles. The van der Waals surface area contributed by atoms with Crippen LogP contribution in [0.5, 0.6) is 5.75 Å². The molecule has 0 saturated carbocycles. The predicted octanol–water partition coefficient (Wildman–Crippen LogP) is 5.69. The molecule has 0 bridgehead atoms. The number of hydrogen-bond donors (Lipinski definition) is 9. The van der Waals surface area contributed by atoms with E-state index in [-0.39, 0.29) is 153 Å². The van der Waals surface area contributed by atoms with E-state index in [1.807, 2.05) is 74.1 Å². The van der Waals surface area contributed by atoms with Crippen molar-refractivity contribution in [2.75, 3.05) is 105 Å². The standard InChI is InChI=1S/C84H132ClF2N17O15/c1-25-57(93-65(108)43-63(106)51(15)30-32-89-64(107)31-33-90-84-95-72-54(74(96-84)104-36-34-103(35-37-104)66(109)26-2)42-55(85)68(70(72)87)69-56(86)28-27-29-62(69)105)80(116)97(19)44-67(110)98(20)58(38-45(3)4)77(113)94-71(49(11)12)83(119)99(21)59(39-46(5)6)76(112)91-52(16)75(111)92-53(17)79(115)100(22)60(40-47(7)8)81(117)101(23)61(41-48(9)10)82(118)102(24)73(50(13)14)78(114)88-18/h26-29,42,45-53,57-61,63,71,73,105-106H,2,25,30-41,43-44H2,1,3-24H3,(H,88,114)(H,89,107)(H,91,112)(H,92,111)(H,93,108)(H,94,113)(H,90,95,96)/t51-,52+,53-,57+,58+,59+,60+,61+,63+,71?,73?/m1/s1. The number of rotatable bonds is 44. The number of aromatic nitrogens is 2. The molecule has 119 heavy (non-hydrogen) atoms. The molecule has 664 valence electrons. The largest absolute Gasteiger partial charge is 0.507 e. The summed E-state index contributed by atoms with van der Waals surface area (Å²) in [5.41, 5.74) is -1.15. The van der Waals surface area contributed by atoms with Crippen molar-refractivity contribution in [2.45, 2.75) is 223 Å². The van der Waals surface area contributed by atoms with Crippen LogP contribution in [0.3, 0.4) is 0 Å². The topological polar surface area (TPSA) is 398 Å². The van der Waals surface area contributed by atoms with Gasteiger partial charge in [0.1, 0.15) is 77.3 Å². The lowest BCUT2D eigenvalue weighted by atomic mass is 9.96. The van der Waals surface area contributed by atoms with Crippen LogP contribution >= 0.6 is 11.6 Å². The molecule has 2 heterocycles. The van der Waals surface area contributed by atoms with Gasteiger partial charge in [0.25, 0.3) is 0 Å². The zero-order valence-electron chi connectivity index (χ0n) is 73.8. The molecule has 13 amide bonds. The summed E-state index contributed by atoms with van der Waals surface area (Å²) >= 11 is 6.61. The minimum atomic E-state index is -1.26. The third-order valence-electron chi connectivity index (χ3n) is 21.5. The lowest BCUT2D eigenvalue weighted by Crippen LogP contribution is -2.61. The fourth-order valence-corrected chi connectivity index (χ4v) is 14.6. The number of hydrogen-bond acceptors (Lipinski definition) is 19. The number of aliphatic hydroxyl groups excluding tert-OH is 1. The average Bonchev–Trinajstić information content (AvgIpc) is 0.746. The molecule has 3 aromatic rings. The molecule has 1 aromatic heterocycles. The number of piperazine rings is 1. The highest BCUT2D eigenvalue weighted by atomic mass is 35.5. The van der Waals surface area contributed by atoms with Crippen LogP contribution in [0, 0.1) is 53.1 Å². The molecule has 1 aliphatic heterocycles. The highest BCUT2D eigenvalue weighted by Gasteiger charge is 2.43. The first-order chi connectivity index (χ1) is 55.6. The van der Waals surface area contributed by atoms with Crippen LogP contribution in [0.1, 0.15) is 162 Å². The quantitative estimate of drug-likeness (QED) is 0.0307. The molecule has 0 radical (unpaired) electrons. The number of phenols is 1. The Bertz CT molecular complexity index is 4050. The van der Waals surface area contributed by atoms with Gasteiger partial charge in [-0.2, -0.15) is 4.98 Å². The van der Waals surface area contributed by atoms with Gasteiger partial charge in [-0.1, -0.05) is 121 Å². The van der Waals surface area contributed by atoms with Gasteiger partial charge in [0, 0.05) is 106 Å². The highest BCUT2D eigenvalue weighted by Crippen LogP contribution is 2.43. The van der Waals surface area contributed by atoms with Crippen molar-refractivity contribution in [3.05, 3.63) is 53.6 Å². The van der Waals surface area contributed by atoms with Crippen molar-refractivity contribution in [2.24, 2.45) is 41.4 Å². The second-order valence-corrected chi connectivity index (χ2v) is 34.0. The third-order valence-corrected chi connectivity index (χ3v) is 21.8. The fraction of sp³-hybridized carbons (Fsp3) is 0.655. The van der Waals surface area contributed by atoms with Crippen LogP contribution in [-0.4, -0.2) is 287 Å². The summed E-state index contributed by atoms with van der Waals surface area (Å²) in [4.78, 5) is 201. The summed E-state index contributed by atoms with van der Waals surface area (Å²) in [7, 11) is 10.1. The van der Waals surface area contributed by atoms with Gasteiger partial charge in [-0.3, -0.25) is 62.3 Å². The summed E-state index contributed by atoms with van der Waals surface area (Å²) in [6, 6.07) is -5.22. The summed E-state index contributed by atoms with van der Waals surface area (Å²) in [6.45, 7) is 32.3. The minimum absolute atomic E-state index is 0.0412. The lowest BCUT2D eigenvalue weighted by molar-refractivity contribution is -0.153. The average molecular weight is 1690 g/mol. The Labute approximate surface area is 705 Å². The zero-order valence-corrected chi connectivity index (χ0v) is 74.6. The van der Waals surface area contributed by atoms with Gasteiger partial charge in [-0.15, -0.1) is 0 Å². The molecule has 1 aliphatic rings. The molecular weight excluding hydrogens is 1560 g/mol. The van der Waals surface area contributed by atoms with Gasteiger partial charge < -0.3 is 86.6 Å². The van der Waals surface area contributed by atoms with E-state index < -0.39 is 179 Å². The monoisotopic (exact) mass is 1690 g/mol. The normalized spacial score (nSPS) is 15.1.